The number of hydrogen-bond acceptors (Lipinski definition) is 7. The van der Waals surface area contributed by atoms with Gasteiger partial charge in [0.05, 0.1) is 4.90 Å². The summed E-state index contributed by atoms with van der Waals surface area (Å²) < 4.78 is 86.8. The first-order chi connectivity index (χ1) is 19.0. The van der Waals surface area contributed by atoms with Crippen LogP contribution in [-0.2, 0) is 24.2 Å². The molecule has 2 aromatic rings. The van der Waals surface area contributed by atoms with Crippen molar-refractivity contribution in [1.29, 1.82) is 0 Å². The molecule has 0 aromatic heterocycles. The Labute approximate surface area is 230 Å². The minimum atomic E-state index is -4.62. The minimum absolute atomic E-state index is 0.0539. The van der Waals surface area contributed by atoms with Crippen molar-refractivity contribution in [2.45, 2.75) is 67.5 Å². The predicted molar refractivity (Wildman–Crippen MR) is 138 cm³/mol. The SMILES string of the molecule is CCN1CCC(C(=O)NOC2CCCCO2)(S(=O)(=O)c2ccc(-c3ccc(OC(F)(F)C(F)F)cc3)cc2)CC1. The summed E-state index contributed by atoms with van der Waals surface area (Å²) in [5.74, 6) is -1.18. The molecule has 0 saturated carbocycles. The molecule has 2 aliphatic rings. The third-order valence-electron chi connectivity index (χ3n) is 7.32. The molecule has 2 fully saturated rings. The van der Waals surface area contributed by atoms with E-state index in [0.29, 0.717) is 37.2 Å². The van der Waals surface area contributed by atoms with Crippen LogP contribution < -0.4 is 10.2 Å². The molecule has 0 bridgehead atoms. The maximum Gasteiger partial charge on any atom is 0.461 e. The third-order valence-corrected chi connectivity index (χ3v) is 9.84. The average Bonchev–Trinajstić information content (AvgIpc) is 2.96. The highest BCUT2D eigenvalue weighted by Crippen LogP contribution is 2.37. The molecule has 0 spiro atoms. The first-order valence-electron chi connectivity index (χ1n) is 13.1. The Morgan fingerprint density at radius 2 is 1.68 bits per heavy atom. The second kappa shape index (κ2) is 12.4. The van der Waals surface area contributed by atoms with Crippen molar-refractivity contribution in [3.05, 3.63) is 48.5 Å². The van der Waals surface area contributed by atoms with E-state index in [2.05, 4.69) is 15.1 Å². The van der Waals surface area contributed by atoms with Gasteiger partial charge in [0.1, 0.15) is 5.75 Å². The van der Waals surface area contributed by atoms with Gasteiger partial charge < -0.3 is 14.4 Å². The van der Waals surface area contributed by atoms with Crippen molar-refractivity contribution in [2.24, 2.45) is 0 Å². The molecule has 1 atom stereocenters. The normalized spacial score (nSPS) is 20.3. The molecule has 13 heteroatoms. The zero-order chi connectivity index (χ0) is 29.0. The third kappa shape index (κ3) is 6.42. The van der Waals surface area contributed by atoms with Gasteiger partial charge in [0.2, 0.25) is 0 Å². The second-order valence-corrected chi connectivity index (χ2v) is 12.1. The summed E-state index contributed by atoms with van der Waals surface area (Å²) in [4.78, 5) is 20.9. The van der Waals surface area contributed by atoms with Crippen molar-refractivity contribution in [1.82, 2.24) is 10.4 Å². The molecule has 0 aliphatic carbocycles. The van der Waals surface area contributed by atoms with Gasteiger partial charge in [-0.25, -0.2) is 18.7 Å². The molecule has 2 saturated heterocycles. The fraction of sp³-hybridized carbons (Fsp3) is 0.519. The van der Waals surface area contributed by atoms with E-state index < -0.39 is 45.1 Å². The fourth-order valence-corrected chi connectivity index (χ4v) is 6.79. The number of nitrogens with one attached hydrogen (secondary N) is 1. The lowest BCUT2D eigenvalue weighted by molar-refractivity contribution is -0.253. The summed E-state index contributed by atoms with van der Waals surface area (Å²) in [6.07, 6.45) is -6.72. The highest BCUT2D eigenvalue weighted by molar-refractivity contribution is 7.93. The number of ether oxygens (including phenoxy) is 2. The van der Waals surface area contributed by atoms with Gasteiger partial charge in [0, 0.05) is 26.1 Å². The number of nitrogens with zero attached hydrogens (tertiary/aromatic N) is 1. The van der Waals surface area contributed by atoms with Gasteiger partial charge in [0.25, 0.3) is 5.91 Å². The van der Waals surface area contributed by atoms with Gasteiger partial charge in [-0.3, -0.25) is 4.79 Å². The Balaban J connectivity index is 1.53. The molecule has 4 rings (SSSR count). The largest absolute Gasteiger partial charge is 0.461 e. The van der Waals surface area contributed by atoms with Crippen LogP contribution in [-0.4, -0.2) is 69.0 Å². The Morgan fingerprint density at radius 1 is 1.07 bits per heavy atom. The number of halogens is 4. The summed E-state index contributed by atoms with van der Waals surface area (Å²) in [6, 6.07) is 10.8. The van der Waals surface area contributed by atoms with E-state index in [0.717, 1.165) is 31.5 Å². The van der Waals surface area contributed by atoms with E-state index >= 15 is 0 Å². The summed E-state index contributed by atoms with van der Waals surface area (Å²) in [5, 5.41) is 0. The van der Waals surface area contributed by atoms with Gasteiger partial charge in [-0.05, 0) is 67.6 Å². The number of likely N-dealkylation sites (tertiary alicyclic amines) is 1. The molecule has 220 valence electrons. The Hall–Kier alpha value is -2.74. The van der Waals surface area contributed by atoms with E-state index in [1.54, 1.807) is 0 Å². The number of hydroxylamine groups is 1. The van der Waals surface area contributed by atoms with E-state index in [1.165, 1.54) is 36.4 Å². The van der Waals surface area contributed by atoms with Crippen molar-refractivity contribution >= 4 is 15.7 Å². The average molecular weight is 589 g/mol. The quantitative estimate of drug-likeness (QED) is 0.315. The summed E-state index contributed by atoms with van der Waals surface area (Å²) in [5.41, 5.74) is 3.42. The first kappa shape index (κ1) is 30.2. The van der Waals surface area contributed by atoms with E-state index in [-0.39, 0.29) is 17.7 Å². The maximum absolute atomic E-state index is 14.0. The molecule has 2 aromatic carbocycles. The first-order valence-corrected chi connectivity index (χ1v) is 14.6. The number of benzene rings is 2. The highest BCUT2D eigenvalue weighted by Gasteiger charge is 2.53. The topological polar surface area (TPSA) is 94.2 Å². The number of hydrogen-bond donors (Lipinski definition) is 1. The lowest BCUT2D eigenvalue weighted by Crippen LogP contribution is -2.58. The van der Waals surface area contributed by atoms with Crippen LogP contribution in [0.4, 0.5) is 17.6 Å². The summed E-state index contributed by atoms with van der Waals surface area (Å²) in [7, 11) is -4.18. The maximum atomic E-state index is 14.0. The van der Waals surface area contributed by atoms with Crippen molar-refractivity contribution < 1.29 is 45.1 Å². The number of carbonyl (C=O) groups is 1. The van der Waals surface area contributed by atoms with Gasteiger partial charge in [0.15, 0.2) is 20.9 Å². The van der Waals surface area contributed by atoms with E-state index in [9.17, 15) is 30.8 Å². The van der Waals surface area contributed by atoms with Crippen LogP contribution >= 0.6 is 0 Å². The Kier molecular flexibility index (Phi) is 9.38. The van der Waals surface area contributed by atoms with Gasteiger partial charge >= 0.3 is 12.5 Å². The molecule has 1 N–H and O–H groups in total. The standard InChI is InChI=1S/C27H32F4N2O6S/c1-2-33-16-14-26(15-17-33,25(34)32-39-23-5-3-4-18-37-23)40(35,36)22-12-8-20(9-13-22)19-6-10-21(11-7-19)38-27(30,31)24(28)29/h6-13,23-24H,2-5,14-18H2,1H3,(H,32,34). The molecule has 1 unspecified atom stereocenters. The summed E-state index contributed by atoms with van der Waals surface area (Å²) in [6.45, 7) is 4.02. The molecule has 0 radical (unpaired) electrons. The van der Waals surface area contributed by atoms with E-state index in [4.69, 9.17) is 9.57 Å². The van der Waals surface area contributed by atoms with Crippen LogP contribution in [0.2, 0.25) is 0 Å². The zero-order valence-corrected chi connectivity index (χ0v) is 22.8. The highest BCUT2D eigenvalue weighted by atomic mass is 32.2. The van der Waals surface area contributed by atoms with Crippen LogP contribution in [0.25, 0.3) is 11.1 Å². The number of piperidine rings is 1. The molecule has 8 nitrogen and oxygen atoms in total. The molecular formula is C27H32F4N2O6S. The number of rotatable bonds is 10. The lowest BCUT2D eigenvalue weighted by atomic mass is 9.95. The minimum Gasteiger partial charge on any atom is -0.428 e. The number of sulfone groups is 1. The van der Waals surface area contributed by atoms with Crippen molar-refractivity contribution in [2.75, 3.05) is 26.2 Å². The molecule has 1 amide bonds. The molecule has 40 heavy (non-hydrogen) atoms. The van der Waals surface area contributed by atoms with Crippen molar-refractivity contribution in [3.63, 3.8) is 0 Å². The summed E-state index contributed by atoms with van der Waals surface area (Å²) >= 11 is 0. The van der Waals surface area contributed by atoms with Gasteiger partial charge in [-0.15, -0.1) is 0 Å². The smallest absolute Gasteiger partial charge is 0.428 e. The van der Waals surface area contributed by atoms with E-state index in [1.807, 2.05) is 6.92 Å². The van der Waals surface area contributed by atoms with Gasteiger partial charge in [-0.1, -0.05) is 31.2 Å². The van der Waals surface area contributed by atoms with Crippen LogP contribution in [0.3, 0.4) is 0 Å². The lowest BCUT2D eigenvalue weighted by Gasteiger charge is -2.39. The van der Waals surface area contributed by atoms with Crippen LogP contribution in [0.5, 0.6) is 5.75 Å². The fourth-order valence-electron chi connectivity index (χ4n) is 4.83. The Morgan fingerprint density at radius 3 is 2.20 bits per heavy atom. The molecule has 2 heterocycles. The number of alkyl halides is 4. The predicted octanol–water partition coefficient (Wildman–Crippen LogP) is 4.79. The number of carbonyl (C=O) groups excluding carboxylic acids is 1. The Bertz CT molecular complexity index is 1240. The molecular weight excluding hydrogens is 556 g/mol. The van der Waals surface area contributed by atoms with Gasteiger partial charge in [-0.2, -0.15) is 17.6 Å². The van der Waals surface area contributed by atoms with Crippen LogP contribution in [0.15, 0.2) is 53.4 Å². The molecule has 2 aliphatic heterocycles. The van der Waals surface area contributed by atoms with Crippen LogP contribution in [0.1, 0.15) is 39.0 Å². The monoisotopic (exact) mass is 588 g/mol. The second-order valence-electron chi connectivity index (χ2n) is 9.79. The zero-order valence-electron chi connectivity index (χ0n) is 22.0. The van der Waals surface area contributed by atoms with Crippen LogP contribution in [0, 0.1) is 0 Å². The number of amides is 1. The van der Waals surface area contributed by atoms with Crippen molar-refractivity contribution in [3.8, 4) is 16.9 Å².